The van der Waals surface area contributed by atoms with Crippen LogP contribution in [0.2, 0.25) is 0 Å². The van der Waals surface area contributed by atoms with Gasteiger partial charge in [0, 0.05) is 24.6 Å². The summed E-state index contributed by atoms with van der Waals surface area (Å²) in [5.74, 6) is -0.521. The van der Waals surface area contributed by atoms with E-state index < -0.39 is 5.97 Å². The average molecular weight is 701 g/mol. The number of aryl methyl sites for hydroxylation is 2. The van der Waals surface area contributed by atoms with Crippen molar-refractivity contribution in [3.63, 3.8) is 0 Å². The number of carboxylic acids is 1. The highest BCUT2D eigenvalue weighted by atomic mass is 16.4. The van der Waals surface area contributed by atoms with Crippen molar-refractivity contribution >= 4 is 17.5 Å². The van der Waals surface area contributed by atoms with E-state index >= 15 is 0 Å². The lowest BCUT2D eigenvalue weighted by atomic mass is 9.89. The van der Waals surface area contributed by atoms with Crippen LogP contribution in [0.15, 0.2) is 175 Å². The van der Waals surface area contributed by atoms with Crippen molar-refractivity contribution in [1.29, 1.82) is 0 Å². The van der Waals surface area contributed by atoms with Crippen molar-refractivity contribution in [2.75, 3.05) is 0 Å². The molecular formula is C48H48N2O3. The summed E-state index contributed by atoms with van der Waals surface area (Å²) in [4.78, 5) is 25.5. The molecule has 2 aliphatic carbocycles. The molecule has 2 aliphatic rings. The van der Waals surface area contributed by atoms with Crippen LogP contribution in [0.4, 0.5) is 0 Å². The van der Waals surface area contributed by atoms with Crippen molar-refractivity contribution < 1.29 is 14.7 Å². The number of carbonyl (C=O) groups is 2. The minimum absolute atomic E-state index is 0.0163. The molecule has 268 valence electrons. The summed E-state index contributed by atoms with van der Waals surface area (Å²) in [6, 6.07) is 58.2. The summed E-state index contributed by atoms with van der Waals surface area (Å²) in [5, 5.41) is 7.42. The maximum absolute atomic E-state index is 11.3. The number of ketones is 1. The maximum atomic E-state index is 11.3. The maximum Gasteiger partial charge on any atom is 0.300 e. The number of hydrogen-bond donors (Lipinski definition) is 2. The van der Waals surface area contributed by atoms with E-state index in [0.717, 1.165) is 55.7 Å². The predicted octanol–water partition coefficient (Wildman–Crippen LogP) is 10.6. The molecule has 0 aromatic heterocycles. The molecule has 5 heteroatoms. The summed E-state index contributed by atoms with van der Waals surface area (Å²) < 4.78 is 0. The summed E-state index contributed by atoms with van der Waals surface area (Å²) in [5.41, 5.74) is 17.1. The van der Waals surface area contributed by atoms with Crippen molar-refractivity contribution in [3.8, 4) is 0 Å². The first kappa shape index (κ1) is 38.3. The monoisotopic (exact) mass is 700 g/mol. The summed E-state index contributed by atoms with van der Waals surface area (Å²) in [7, 11) is 0. The largest absolute Gasteiger partial charge is 0.481 e. The van der Waals surface area contributed by atoms with Gasteiger partial charge in [-0.15, -0.1) is 0 Å². The van der Waals surface area contributed by atoms with Crippen molar-refractivity contribution in [3.05, 3.63) is 214 Å². The highest BCUT2D eigenvalue weighted by Gasteiger charge is 2.19. The van der Waals surface area contributed by atoms with E-state index in [1.165, 1.54) is 39.9 Å². The molecule has 0 atom stereocenters. The van der Waals surface area contributed by atoms with Gasteiger partial charge in [-0.1, -0.05) is 170 Å². The van der Waals surface area contributed by atoms with Gasteiger partial charge in [0.05, 0.1) is 6.04 Å². The number of carboxylic acid groups (broad SMARTS) is 1. The molecule has 53 heavy (non-hydrogen) atoms. The second-order valence-corrected chi connectivity index (χ2v) is 13.1. The number of carbonyl (C=O) groups excluding carboxylic acids is 1. The van der Waals surface area contributed by atoms with E-state index in [9.17, 15) is 4.79 Å². The van der Waals surface area contributed by atoms with Gasteiger partial charge in [-0.2, -0.15) is 0 Å². The number of Topliss-reactive ketones (excluding diaryl/α,β-unsaturated/α-hetero) is 1. The zero-order valence-corrected chi connectivity index (χ0v) is 30.4. The summed E-state index contributed by atoms with van der Waals surface area (Å²) >= 11 is 0. The van der Waals surface area contributed by atoms with E-state index in [4.69, 9.17) is 20.6 Å². The Hall–Kier alpha value is -5.91. The number of nitrogens with two attached hydrogens (primary N) is 1. The fraction of sp³-hybridized carbons (Fsp3) is 0.188. The van der Waals surface area contributed by atoms with Crippen LogP contribution in [-0.2, 0) is 17.6 Å². The van der Waals surface area contributed by atoms with Gasteiger partial charge >= 0.3 is 0 Å². The zero-order valence-electron chi connectivity index (χ0n) is 30.4. The normalized spacial score (nSPS) is 13.6. The molecule has 6 aromatic rings. The van der Waals surface area contributed by atoms with Crippen LogP contribution in [0.3, 0.4) is 0 Å². The van der Waals surface area contributed by atoms with Crippen LogP contribution >= 0.6 is 0 Å². The van der Waals surface area contributed by atoms with Crippen molar-refractivity contribution in [2.45, 2.75) is 57.5 Å². The molecule has 0 fully saturated rings. The van der Waals surface area contributed by atoms with Gasteiger partial charge in [0.2, 0.25) is 0 Å². The molecule has 0 heterocycles. The highest BCUT2D eigenvalue weighted by Crippen LogP contribution is 2.30. The molecule has 0 spiro atoms. The van der Waals surface area contributed by atoms with E-state index in [1.54, 1.807) is 0 Å². The Kier molecular flexibility index (Phi) is 14.6. The molecule has 6 aromatic carbocycles. The third-order valence-electron chi connectivity index (χ3n) is 9.19. The number of fused-ring (bicyclic) bond motifs is 2. The zero-order chi connectivity index (χ0) is 37.3. The number of aliphatic imine (C=N–C) groups is 1. The fourth-order valence-electron chi connectivity index (χ4n) is 6.60. The Bertz CT molecular complexity index is 1960. The minimum atomic E-state index is -0.833. The Balaban J connectivity index is 0.000000158. The molecule has 8 rings (SSSR count). The second-order valence-electron chi connectivity index (χ2n) is 13.1. The first-order valence-corrected chi connectivity index (χ1v) is 18.3. The van der Waals surface area contributed by atoms with E-state index in [2.05, 4.69) is 109 Å². The Morgan fingerprint density at radius 3 is 1.34 bits per heavy atom. The van der Waals surface area contributed by atoms with Gasteiger partial charge < -0.3 is 10.8 Å². The second kappa shape index (κ2) is 20.2. The lowest BCUT2D eigenvalue weighted by molar-refractivity contribution is -0.134. The van der Waals surface area contributed by atoms with E-state index in [1.807, 2.05) is 60.7 Å². The van der Waals surface area contributed by atoms with Crippen molar-refractivity contribution in [2.24, 2.45) is 10.7 Å². The van der Waals surface area contributed by atoms with E-state index in [-0.39, 0.29) is 12.1 Å². The van der Waals surface area contributed by atoms with Gasteiger partial charge in [-0.05, 0) is 71.0 Å². The van der Waals surface area contributed by atoms with E-state index in [0.29, 0.717) is 5.78 Å². The fourth-order valence-corrected chi connectivity index (χ4v) is 6.60. The molecule has 0 saturated carbocycles. The lowest BCUT2D eigenvalue weighted by Crippen LogP contribution is -2.13. The van der Waals surface area contributed by atoms with Gasteiger partial charge in [-0.3, -0.25) is 14.6 Å². The highest BCUT2D eigenvalue weighted by molar-refractivity contribution is 6.03. The number of benzene rings is 6. The van der Waals surface area contributed by atoms with Gasteiger partial charge in [0.15, 0.2) is 5.78 Å². The van der Waals surface area contributed by atoms with Crippen LogP contribution in [-0.4, -0.2) is 22.6 Å². The topological polar surface area (TPSA) is 92.7 Å². The SMILES string of the molecule is CC(=O)O.NC(c1ccccc1)c1ccccc1.O=C1CCCc2ccccc21.c1ccc(C(N=C2CCCc3ccccc32)c2ccccc2)cc1. The standard InChI is InChI=1S/C23H21N.C13H13N.C10H10O.C2H4O2/c1-3-11-19(12-4-1)23(20-13-5-2-6-14-20)24-22-17-9-15-18-10-7-8-16-21(18)22;14-13(11-7-3-1-4-8-11)12-9-5-2-6-10-12;11-10-7-3-5-8-4-1-2-6-9(8)10;1-2(3)4/h1-8,10-14,16,23H,9,15,17H2;1-10,13H,14H2;1-2,4,6H,3,5,7H2;1H3,(H,3,4). The number of aliphatic carboxylic acids is 1. The molecule has 0 unspecified atom stereocenters. The molecule has 3 N–H and O–H groups in total. The van der Waals surface area contributed by atoms with Crippen LogP contribution in [0.1, 0.15) is 94.0 Å². The molecule has 0 saturated heterocycles. The average Bonchev–Trinajstić information content (AvgIpc) is 3.21. The van der Waals surface area contributed by atoms with Crippen LogP contribution < -0.4 is 5.73 Å². The third kappa shape index (κ3) is 11.5. The Labute approximate surface area is 313 Å². The van der Waals surface area contributed by atoms with Crippen LogP contribution in [0.25, 0.3) is 0 Å². The number of hydrogen-bond acceptors (Lipinski definition) is 4. The molecule has 0 amide bonds. The predicted molar refractivity (Wildman–Crippen MR) is 217 cm³/mol. The molecule has 5 nitrogen and oxygen atoms in total. The summed E-state index contributed by atoms with van der Waals surface area (Å²) in [6.07, 6.45) is 6.24. The smallest absolute Gasteiger partial charge is 0.300 e. The lowest BCUT2D eigenvalue weighted by Gasteiger charge is -2.21. The van der Waals surface area contributed by atoms with Gasteiger partial charge in [0.25, 0.3) is 5.97 Å². The first-order valence-electron chi connectivity index (χ1n) is 18.3. The third-order valence-corrected chi connectivity index (χ3v) is 9.19. The molecule has 0 bridgehead atoms. The quantitative estimate of drug-likeness (QED) is 0.187. The van der Waals surface area contributed by atoms with Crippen LogP contribution in [0, 0.1) is 0 Å². The van der Waals surface area contributed by atoms with Crippen LogP contribution in [0.5, 0.6) is 0 Å². The Morgan fingerprint density at radius 1 is 0.528 bits per heavy atom. The Morgan fingerprint density at radius 2 is 0.887 bits per heavy atom. The molecular weight excluding hydrogens is 653 g/mol. The minimum Gasteiger partial charge on any atom is -0.481 e. The molecule has 0 aliphatic heterocycles. The molecule has 0 radical (unpaired) electrons. The first-order chi connectivity index (χ1) is 25.9. The van der Waals surface area contributed by atoms with Gasteiger partial charge in [-0.25, -0.2) is 0 Å². The van der Waals surface area contributed by atoms with Gasteiger partial charge in [0.1, 0.15) is 6.04 Å². The number of rotatable bonds is 5. The number of nitrogens with zero attached hydrogens (tertiary/aromatic N) is 1. The summed E-state index contributed by atoms with van der Waals surface area (Å²) in [6.45, 7) is 1.08. The van der Waals surface area contributed by atoms with Crippen molar-refractivity contribution in [1.82, 2.24) is 0 Å².